The third-order valence-electron chi connectivity index (χ3n) is 3.57. The highest BCUT2D eigenvalue weighted by Gasteiger charge is 2.11. The van der Waals surface area contributed by atoms with Gasteiger partial charge in [-0.1, -0.05) is 58.3 Å². The van der Waals surface area contributed by atoms with Gasteiger partial charge in [0.15, 0.2) is 0 Å². The van der Waals surface area contributed by atoms with Crippen molar-refractivity contribution in [1.29, 1.82) is 0 Å². The van der Waals surface area contributed by atoms with Gasteiger partial charge in [-0.3, -0.25) is 0 Å². The SMILES string of the molecule is CCCCCCCCPC1CCCCC1. The maximum atomic E-state index is 2.30. The molecule has 0 aromatic carbocycles. The summed E-state index contributed by atoms with van der Waals surface area (Å²) in [7, 11) is 1.29. The molecule has 1 unspecified atom stereocenters. The van der Waals surface area contributed by atoms with E-state index in [1.54, 1.807) is 12.8 Å². The molecule has 1 aliphatic rings. The first-order chi connectivity index (χ1) is 7.43. The molecule has 1 atom stereocenters. The highest BCUT2D eigenvalue weighted by Crippen LogP contribution is 2.33. The van der Waals surface area contributed by atoms with Crippen molar-refractivity contribution < 1.29 is 0 Å². The van der Waals surface area contributed by atoms with E-state index in [0.717, 1.165) is 5.66 Å². The Bertz CT molecular complexity index is 127. The number of hydrogen-bond donors (Lipinski definition) is 0. The molecule has 1 aliphatic carbocycles. The van der Waals surface area contributed by atoms with Crippen LogP contribution in [-0.2, 0) is 0 Å². The van der Waals surface area contributed by atoms with Gasteiger partial charge in [-0.25, -0.2) is 0 Å². The van der Waals surface area contributed by atoms with Crippen LogP contribution in [0.4, 0.5) is 0 Å². The summed E-state index contributed by atoms with van der Waals surface area (Å²) in [4.78, 5) is 0. The van der Waals surface area contributed by atoms with Gasteiger partial charge in [0.25, 0.3) is 0 Å². The Morgan fingerprint density at radius 1 is 0.867 bits per heavy atom. The molecule has 0 heterocycles. The average Bonchev–Trinajstić information content (AvgIpc) is 2.29. The lowest BCUT2D eigenvalue weighted by Gasteiger charge is -2.21. The molecule has 0 radical (unpaired) electrons. The minimum absolute atomic E-state index is 1.13. The number of unbranched alkanes of at least 4 members (excludes halogenated alkanes) is 5. The van der Waals surface area contributed by atoms with Gasteiger partial charge in [-0.15, -0.1) is 8.58 Å². The van der Waals surface area contributed by atoms with E-state index in [-0.39, 0.29) is 0 Å². The second-order valence-electron chi connectivity index (χ2n) is 5.06. The molecule has 1 saturated carbocycles. The zero-order chi connectivity index (χ0) is 10.8. The normalized spacial score (nSPS) is 19.0. The average molecular weight is 228 g/mol. The fourth-order valence-corrected chi connectivity index (χ4v) is 4.20. The first-order valence-electron chi connectivity index (χ1n) is 7.17. The van der Waals surface area contributed by atoms with Gasteiger partial charge in [-0.05, 0) is 31.1 Å². The summed E-state index contributed by atoms with van der Waals surface area (Å²) in [6.07, 6.45) is 18.0. The lowest BCUT2D eigenvalue weighted by Crippen LogP contribution is -2.06. The van der Waals surface area contributed by atoms with Crippen LogP contribution >= 0.6 is 8.58 Å². The van der Waals surface area contributed by atoms with Crippen LogP contribution in [0.1, 0.15) is 77.6 Å². The van der Waals surface area contributed by atoms with Crippen LogP contribution in [0.5, 0.6) is 0 Å². The van der Waals surface area contributed by atoms with Crippen LogP contribution in [0.25, 0.3) is 0 Å². The monoisotopic (exact) mass is 228 g/mol. The van der Waals surface area contributed by atoms with Crippen LogP contribution in [0.2, 0.25) is 0 Å². The largest absolute Gasteiger partial charge is 0.119 e. The van der Waals surface area contributed by atoms with Crippen molar-refractivity contribution in [3.8, 4) is 0 Å². The third kappa shape index (κ3) is 7.34. The highest BCUT2D eigenvalue weighted by molar-refractivity contribution is 7.38. The molecular weight excluding hydrogens is 199 g/mol. The van der Waals surface area contributed by atoms with Gasteiger partial charge in [0.1, 0.15) is 0 Å². The van der Waals surface area contributed by atoms with E-state index in [1.807, 2.05) is 0 Å². The second-order valence-corrected chi connectivity index (χ2v) is 6.78. The van der Waals surface area contributed by atoms with Crippen molar-refractivity contribution in [3.63, 3.8) is 0 Å². The van der Waals surface area contributed by atoms with E-state index in [4.69, 9.17) is 0 Å². The lowest BCUT2D eigenvalue weighted by atomic mass is 10.0. The van der Waals surface area contributed by atoms with Gasteiger partial charge < -0.3 is 0 Å². The van der Waals surface area contributed by atoms with E-state index in [2.05, 4.69) is 6.92 Å². The maximum absolute atomic E-state index is 2.30. The minimum Gasteiger partial charge on any atom is -0.119 e. The van der Waals surface area contributed by atoms with E-state index in [9.17, 15) is 0 Å². The van der Waals surface area contributed by atoms with E-state index in [1.165, 1.54) is 72.5 Å². The lowest BCUT2D eigenvalue weighted by molar-refractivity contribution is 0.512. The molecule has 0 nitrogen and oxygen atoms in total. The Morgan fingerprint density at radius 2 is 1.53 bits per heavy atom. The molecule has 1 rings (SSSR count). The summed E-state index contributed by atoms with van der Waals surface area (Å²) in [5.41, 5.74) is 1.13. The van der Waals surface area contributed by atoms with Gasteiger partial charge in [0.2, 0.25) is 0 Å². The Hall–Kier alpha value is 0.430. The molecule has 0 aromatic rings. The second kappa shape index (κ2) is 9.64. The van der Waals surface area contributed by atoms with Gasteiger partial charge in [0, 0.05) is 0 Å². The molecule has 0 bridgehead atoms. The molecule has 0 saturated heterocycles. The van der Waals surface area contributed by atoms with Crippen LogP contribution < -0.4 is 0 Å². The van der Waals surface area contributed by atoms with Gasteiger partial charge in [-0.2, -0.15) is 0 Å². The summed E-state index contributed by atoms with van der Waals surface area (Å²) in [6, 6.07) is 0. The van der Waals surface area contributed by atoms with Crippen molar-refractivity contribution >= 4 is 8.58 Å². The Labute approximate surface area is 98.4 Å². The smallest absolute Gasteiger partial charge is 0.0237 e. The fraction of sp³-hybridized carbons (Fsp3) is 1.00. The van der Waals surface area contributed by atoms with Gasteiger partial charge in [0.05, 0.1) is 0 Å². The van der Waals surface area contributed by atoms with E-state index in [0.29, 0.717) is 0 Å². The fourth-order valence-electron chi connectivity index (χ4n) is 2.52. The molecule has 0 spiro atoms. The Kier molecular flexibility index (Phi) is 8.67. The summed E-state index contributed by atoms with van der Waals surface area (Å²) in [6.45, 7) is 2.30. The zero-order valence-corrected chi connectivity index (χ0v) is 11.6. The van der Waals surface area contributed by atoms with Crippen molar-refractivity contribution in [2.24, 2.45) is 0 Å². The van der Waals surface area contributed by atoms with Crippen molar-refractivity contribution in [3.05, 3.63) is 0 Å². The first-order valence-corrected chi connectivity index (χ1v) is 8.45. The van der Waals surface area contributed by atoms with Crippen LogP contribution in [0.15, 0.2) is 0 Å². The van der Waals surface area contributed by atoms with Gasteiger partial charge >= 0.3 is 0 Å². The first kappa shape index (κ1) is 13.5. The number of rotatable bonds is 8. The quantitative estimate of drug-likeness (QED) is 0.387. The molecule has 0 aromatic heterocycles. The predicted molar refractivity (Wildman–Crippen MR) is 73.4 cm³/mol. The summed E-state index contributed by atoms with van der Waals surface area (Å²) < 4.78 is 0. The van der Waals surface area contributed by atoms with Crippen LogP contribution in [0, 0.1) is 0 Å². The Balaban J connectivity index is 1.79. The molecule has 15 heavy (non-hydrogen) atoms. The predicted octanol–water partition coefficient (Wildman–Crippen LogP) is 5.36. The number of hydrogen-bond acceptors (Lipinski definition) is 0. The topological polar surface area (TPSA) is 0 Å². The molecular formula is C14H29P. The summed E-state index contributed by atoms with van der Waals surface area (Å²) >= 11 is 0. The molecule has 0 amide bonds. The van der Waals surface area contributed by atoms with E-state index >= 15 is 0 Å². The van der Waals surface area contributed by atoms with Crippen molar-refractivity contribution in [2.75, 3.05) is 6.16 Å². The molecule has 1 fully saturated rings. The summed E-state index contributed by atoms with van der Waals surface area (Å²) in [5.74, 6) is 0. The molecule has 90 valence electrons. The van der Waals surface area contributed by atoms with Crippen molar-refractivity contribution in [1.82, 2.24) is 0 Å². The van der Waals surface area contributed by atoms with Crippen LogP contribution in [-0.4, -0.2) is 11.8 Å². The Morgan fingerprint density at radius 3 is 2.27 bits per heavy atom. The summed E-state index contributed by atoms with van der Waals surface area (Å²) in [5, 5.41) is 0. The van der Waals surface area contributed by atoms with E-state index < -0.39 is 0 Å². The highest BCUT2D eigenvalue weighted by atomic mass is 31.1. The molecule has 0 N–H and O–H groups in total. The van der Waals surface area contributed by atoms with Crippen molar-refractivity contribution in [2.45, 2.75) is 83.2 Å². The zero-order valence-electron chi connectivity index (χ0n) is 10.6. The molecule has 1 heteroatoms. The minimum atomic E-state index is 1.13. The standard InChI is InChI=1S/C14H29P/c1-2-3-4-5-6-10-13-15-14-11-8-7-9-12-14/h14-15H,2-13H2,1H3. The third-order valence-corrected chi connectivity index (χ3v) is 5.37. The maximum Gasteiger partial charge on any atom is -0.0237 e. The molecule has 0 aliphatic heterocycles. The van der Waals surface area contributed by atoms with Crippen LogP contribution in [0.3, 0.4) is 0 Å².